The summed E-state index contributed by atoms with van der Waals surface area (Å²) in [7, 11) is 0. The average Bonchev–Trinajstić information content (AvgIpc) is 2.71. The van der Waals surface area contributed by atoms with Crippen LogP contribution >= 0.6 is 22.6 Å². The lowest BCUT2D eigenvalue weighted by Crippen LogP contribution is -2.41. The lowest BCUT2D eigenvalue weighted by atomic mass is 9.99. The van der Waals surface area contributed by atoms with Gasteiger partial charge < -0.3 is 20.7 Å². The molecule has 1 aliphatic rings. The van der Waals surface area contributed by atoms with Crippen LogP contribution < -0.4 is 11.4 Å². The van der Waals surface area contributed by atoms with Gasteiger partial charge in [0.05, 0.1) is 10.2 Å². The zero-order valence-electron chi connectivity index (χ0n) is 9.78. The van der Waals surface area contributed by atoms with E-state index in [0.717, 1.165) is 0 Å². The largest absolute Gasteiger partial charge is 0.392 e. The summed E-state index contributed by atoms with van der Waals surface area (Å²) in [6.45, 7) is -0.532. The van der Waals surface area contributed by atoms with Gasteiger partial charge in [0.25, 0.3) is 0 Å². The molecule has 0 aliphatic carbocycles. The first kappa shape index (κ1) is 14.3. The number of rotatable bonds is 2. The number of hydrogen-bond donors (Lipinski definition) is 3. The summed E-state index contributed by atoms with van der Waals surface area (Å²) in [5, 5.41) is 19.2. The van der Waals surface area contributed by atoms with Crippen LogP contribution in [0.2, 0.25) is 0 Å². The minimum Gasteiger partial charge on any atom is -0.392 e. The third-order valence-electron chi connectivity index (χ3n) is 3.03. The Labute approximate surface area is 122 Å². The van der Waals surface area contributed by atoms with Crippen LogP contribution in [0.25, 0.3) is 0 Å². The Morgan fingerprint density at radius 3 is 3.00 bits per heavy atom. The zero-order chi connectivity index (χ0) is 14.2. The summed E-state index contributed by atoms with van der Waals surface area (Å²) in [4.78, 5) is 15.4. The standard InChI is InChI=1S/C11H12IN3O4/c1-2-11(5-16)7(17)3-8(19-11)15-4-6(12)9(13)14-10(15)18/h1,4,7-8,16-17H,3,5H2,(H2,13,14,18)/t7-,8+,11+/m0/s1. The number of halogens is 1. The molecule has 0 aromatic carbocycles. The van der Waals surface area contributed by atoms with Crippen LogP contribution in [0, 0.1) is 15.9 Å². The Hall–Kier alpha value is -1.15. The number of nitrogens with zero attached hydrogens (tertiary/aromatic N) is 2. The van der Waals surface area contributed by atoms with Crippen LogP contribution in [-0.4, -0.2) is 38.1 Å². The van der Waals surface area contributed by atoms with Crippen molar-refractivity contribution >= 4 is 28.4 Å². The van der Waals surface area contributed by atoms with E-state index in [1.54, 1.807) is 0 Å². The van der Waals surface area contributed by atoms with Gasteiger partial charge in [-0.2, -0.15) is 4.98 Å². The second-order valence-corrected chi connectivity index (χ2v) is 5.34. The van der Waals surface area contributed by atoms with Gasteiger partial charge in [0, 0.05) is 12.6 Å². The molecule has 2 rings (SSSR count). The molecular weight excluding hydrogens is 365 g/mol. The van der Waals surface area contributed by atoms with Crippen molar-refractivity contribution in [2.75, 3.05) is 12.3 Å². The fourth-order valence-corrected chi connectivity index (χ4v) is 2.32. The van der Waals surface area contributed by atoms with E-state index >= 15 is 0 Å². The highest BCUT2D eigenvalue weighted by molar-refractivity contribution is 14.1. The van der Waals surface area contributed by atoms with Gasteiger partial charge in [-0.15, -0.1) is 6.42 Å². The monoisotopic (exact) mass is 377 g/mol. The minimum atomic E-state index is -1.49. The van der Waals surface area contributed by atoms with Gasteiger partial charge in [0.1, 0.15) is 18.1 Å². The highest BCUT2D eigenvalue weighted by atomic mass is 127. The van der Waals surface area contributed by atoms with Crippen molar-refractivity contribution in [3.8, 4) is 12.3 Å². The SMILES string of the molecule is C#C[C@]1(CO)O[C@@H](n2cc(I)c(N)nc2=O)C[C@@H]1O. The van der Waals surface area contributed by atoms with Crippen LogP contribution in [0.15, 0.2) is 11.0 Å². The second kappa shape index (κ2) is 5.09. The van der Waals surface area contributed by atoms with E-state index in [1.165, 1.54) is 10.8 Å². The quantitative estimate of drug-likeness (QED) is 0.454. The molecule has 0 radical (unpaired) electrons. The number of hydrogen-bond acceptors (Lipinski definition) is 6. The van der Waals surface area contributed by atoms with Gasteiger partial charge in [-0.3, -0.25) is 4.57 Å². The van der Waals surface area contributed by atoms with Crippen LogP contribution in [0.1, 0.15) is 12.6 Å². The third-order valence-corrected chi connectivity index (χ3v) is 3.86. The van der Waals surface area contributed by atoms with E-state index in [0.29, 0.717) is 3.57 Å². The summed E-state index contributed by atoms with van der Waals surface area (Å²) in [5.41, 5.74) is 3.44. The van der Waals surface area contributed by atoms with Gasteiger partial charge in [-0.1, -0.05) is 5.92 Å². The molecule has 0 saturated carbocycles. The highest BCUT2D eigenvalue weighted by Gasteiger charge is 2.47. The minimum absolute atomic E-state index is 0.0896. The number of aromatic nitrogens is 2. The topological polar surface area (TPSA) is 111 Å². The Bertz CT molecular complexity index is 597. The maximum atomic E-state index is 11.8. The lowest BCUT2D eigenvalue weighted by molar-refractivity contribution is -0.0912. The lowest BCUT2D eigenvalue weighted by Gasteiger charge is -2.23. The van der Waals surface area contributed by atoms with Gasteiger partial charge in [-0.25, -0.2) is 4.79 Å². The van der Waals surface area contributed by atoms with E-state index in [9.17, 15) is 15.0 Å². The molecule has 1 fully saturated rings. The number of nitrogen functional groups attached to an aromatic ring is 1. The van der Waals surface area contributed by atoms with Gasteiger partial charge >= 0.3 is 5.69 Å². The molecule has 1 aromatic rings. The molecule has 7 nitrogen and oxygen atoms in total. The first-order valence-corrected chi connectivity index (χ1v) is 6.50. The van der Waals surface area contributed by atoms with Crippen LogP contribution in [0.3, 0.4) is 0 Å². The number of nitrogens with two attached hydrogens (primary N) is 1. The molecule has 0 unspecified atom stereocenters. The predicted molar refractivity (Wildman–Crippen MR) is 75.0 cm³/mol. The molecule has 1 saturated heterocycles. The molecule has 1 aliphatic heterocycles. The molecule has 19 heavy (non-hydrogen) atoms. The van der Waals surface area contributed by atoms with Gasteiger partial charge in [0.15, 0.2) is 5.60 Å². The highest BCUT2D eigenvalue weighted by Crippen LogP contribution is 2.35. The maximum Gasteiger partial charge on any atom is 0.351 e. The van der Waals surface area contributed by atoms with E-state index < -0.39 is 30.2 Å². The molecule has 0 amide bonds. The Kier molecular flexibility index (Phi) is 3.82. The van der Waals surface area contributed by atoms with E-state index in [-0.39, 0.29) is 12.2 Å². The number of aliphatic hydroxyl groups is 2. The first-order chi connectivity index (χ1) is 8.93. The van der Waals surface area contributed by atoms with Crippen molar-refractivity contribution < 1.29 is 14.9 Å². The summed E-state index contributed by atoms with van der Waals surface area (Å²) >= 11 is 1.93. The average molecular weight is 377 g/mol. The third kappa shape index (κ3) is 2.34. The molecule has 2 heterocycles. The van der Waals surface area contributed by atoms with E-state index in [4.69, 9.17) is 16.9 Å². The first-order valence-electron chi connectivity index (χ1n) is 5.42. The van der Waals surface area contributed by atoms with Gasteiger partial charge in [-0.05, 0) is 22.6 Å². The Morgan fingerprint density at radius 1 is 1.79 bits per heavy atom. The summed E-state index contributed by atoms with van der Waals surface area (Å²) < 4.78 is 7.25. The molecule has 8 heteroatoms. The number of aliphatic hydroxyl groups excluding tert-OH is 2. The zero-order valence-corrected chi connectivity index (χ0v) is 11.9. The number of anilines is 1. The normalized spacial score (nSPS) is 30.2. The van der Waals surface area contributed by atoms with Crippen molar-refractivity contribution in [2.24, 2.45) is 0 Å². The van der Waals surface area contributed by atoms with E-state index in [2.05, 4.69) is 10.9 Å². The van der Waals surface area contributed by atoms with Crippen LogP contribution in [0.4, 0.5) is 5.82 Å². The fraction of sp³-hybridized carbons (Fsp3) is 0.455. The predicted octanol–water partition coefficient (Wildman–Crippen LogP) is -0.926. The molecule has 1 aromatic heterocycles. The number of ether oxygens (including phenoxy) is 1. The van der Waals surface area contributed by atoms with E-state index in [1.807, 2.05) is 22.6 Å². The van der Waals surface area contributed by atoms with Crippen molar-refractivity contribution in [3.05, 3.63) is 20.3 Å². The number of terminal acetylenes is 1. The molecule has 0 bridgehead atoms. The molecule has 102 valence electrons. The van der Waals surface area contributed by atoms with Gasteiger partial charge in [0.2, 0.25) is 0 Å². The molecule has 3 atom stereocenters. The molecule has 0 spiro atoms. The Balaban J connectivity index is 2.39. The van der Waals surface area contributed by atoms with Crippen LogP contribution in [-0.2, 0) is 4.74 Å². The van der Waals surface area contributed by atoms with Crippen molar-refractivity contribution in [1.82, 2.24) is 9.55 Å². The molecular formula is C11H12IN3O4. The smallest absolute Gasteiger partial charge is 0.351 e. The summed E-state index contributed by atoms with van der Waals surface area (Å²) in [6.07, 6.45) is 5.01. The van der Waals surface area contributed by atoms with Crippen LogP contribution in [0.5, 0.6) is 0 Å². The van der Waals surface area contributed by atoms with Crippen molar-refractivity contribution in [3.63, 3.8) is 0 Å². The van der Waals surface area contributed by atoms with Crippen molar-refractivity contribution in [1.29, 1.82) is 0 Å². The Morgan fingerprint density at radius 2 is 2.47 bits per heavy atom. The summed E-state index contributed by atoms with van der Waals surface area (Å²) in [6, 6.07) is 0. The molecule has 4 N–H and O–H groups in total. The summed E-state index contributed by atoms with van der Waals surface area (Å²) in [5.74, 6) is 2.37. The second-order valence-electron chi connectivity index (χ2n) is 4.18. The fourth-order valence-electron chi connectivity index (χ4n) is 1.90. The van der Waals surface area contributed by atoms with Crippen molar-refractivity contribution in [2.45, 2.75) is 24.4 Å². The maximum absolute atomic E-state index is 11.8.